The molecule has 20 heavy (non-hydrogen) atoms. The zero-order valence-electron chi connectivity index (χ0n) is 12.7. The van der Waals surface area contributed by atoms with E-state index >= 15 is 0 Å². The highest BCUT2D eigenvalue weighted by Crippen LogP contribution is 2.19. The Morgan fingerprint density at radius 2 is 2.15 bits per heavy atom. The summed E-state index contributed by atoms with van der Waals surface area (Å²) in [5.74, 6) is 1.15. The molecule has 1 N–H and O–H groups in total. The number of benzene rings is 1. The average Bonchev–Trinajstić information content (AvgIpc) is 2.81. The van der Waals surface area contributed by atoms with E-state index in [1.165, 1.54) is 17.5 Å². The van der Waals surface area contributed by atoms with Crippen LogP contribution in [-0.2, 0) is 19.4 Å². The molecule has 0 aliphatic heterocycles. The molecule has 108 valence electrons. The minimum atomic E-state index is 0.824. The van der Waals surface area contributed by atoms with Crippen molar-refractivity contribution in [3.63, 3.8) is 0 Å². The third-order valence-electron chi connectivity index (χ3n) is 3.56. The van der Waals surface area contributed by atoms with Gasteiger partial charge in [-0.3, -0.25) is 0 Å². The summed E-state index contributed by atoms with van der Waals surface area (Å²) in [5.41, 5.74) is 3.67. The van der Waals surface area contributed by atoms with Crippen LogP contribution in [0.2, 0.25) is 0 Å². The maximum absolute atomic E-state index is 4.81. The van der Waals surface area contributed by atoms with Gasteiger partial charge in [-0.25, -0.2) is 4.98 Å². The topological polar surface area (TPSA) is 29.9 Å². The van der Waals surface area contributed by atoms with Gasteiger partial charge in [0.05, 0.1) is 11.0 Å². The molecule has 0 spiro atoms. The molecule has 0 aliphatic carbocycles. The van der Waals surface area contributed by atoms with Crippen molar-refractivity contribution in [3.05, 3.63) is 42.2 Å². The SMILES string of the molecule is C=CCn1c(CCNCCC)nc2cc(CC)ccc21. The molecule has 3 heteroatoms. The first-order valence-electron chi connectivity index (χ1n) is 7.59. The fourth-order valence-electron chi connectivity index (χ4n) is 2.47. The molecular formula is C17H25N3. The Kier molecular flexibility index (Phi) is 5.36. The number of rotatable bonds is 8. The van der Waals surface area contributed by atoms with Crippen LogP contribution in [0.3, 0.4) is 0 Å². The van der Waals surface area contributed by atoms with Crippen LogP contribution >= 0.6 is 0 Å². The van der Waals surface area contributed by atoms with Crippen LogP contribution in [-0.4, -0.2) is 22.6 Å². The predicted octanol–water partition coefficient (Wildman–Crippen LogP) is 3.33. The number of imidazole rings is 1. The number of fused-ring (bicyclic) bond motifs is 1. The lowest BCUT2D eigenvalue weighted by molar-refractivity contribution is 0.641. The maximum atomic E-state index is 4.81. The Balaban J connectivity index is 2.26. The highest BCUT2D eigenvalue weighted by molar-refractivity contribution is 5.77. The fraction of sp³-hybridized carbons (Fsp3) is 0.471. The first-order valence-corrected chi connectivity index (χ1v) is 7.59. The fourth-order valence-corrected chi connectivity index (χ4v) is 2.47. The molecule has 1 aromatic carbocycles. The molecule has 1 aromatic heterocycles. The Morgan fingerprint density at radius 3 is 2.85 bits per heavy atom. The van der Waals surface area contributed by atoms with Gasteiger partial charge in [0.15, 0.2) is 0 Å². The van der Waals surface area contributed by atoms with Crippen LogP contribution in [0.1, 0.15) is 31.7 Å². The predicted molar refractivity (Wildman–Crippen MR) is 86.2 cm³/mol. The molecule has 0 unspecified atom stereocenters. The van der Waals surface area contributed by atoms with Crippen LogP contribution in [0, 0.1) is 0 Å². The minimum Gasteiger partial charge on any atom is -0.324 e. The summed E-state index contributed by atoms with van der Waals surface area (Å²) in [4.78, 5) is 4.81. The summed E-state index contributed by atoms with van der Waals surface area (Å²) >= 11 is 0. The minimum absolute atomic E-state index is 0.824. The van der Waals surface area contributed by atoms with E-state index in [2.05, 4.69) is 48.5 Å². The van der Waals surface area contributed by atoms with Gasteiger partial charge in [0.2, 0.25) is 0 Å². The molecule has 0 atom stereocenters. The summed E-state index contributed by atoms with van der Waals surface area (Å²) in [6.45, 7) is 11.1. The van der Waals surface area contributed by atoms with E-state index in [1.54, 1.807) is 0 Å². The van der Waals surface area contributed by atoms with Crippen molar-refractivity contribution >= 4 is 11.0 Å². The summed E-state index contributed by atoms with van der Waals surface area (Å²) in [7, 11) is 0. The summed E-state index contributed by atoms with van der Waals surface area (Å²) in [5, 5.41) is 3.44. The van der Waals surface area contributed by atoms with Crippen LogP contribution < -0.4 is 5.32 Å². The third-order valence-corrected chi connectivity index (χ3v) is 3.56. The van der Waals surface area contributed by atoms with Crippen molar-refractivity contribution in [3.8, 4) is 0 Å². The lowest BCUT2D eigenvalue weighted by Gasteiger charge is -2.07. The second-order valence-electron chi connectivity index (χ2n) is 5.10. The van der Waals surface area contributed by atoms with Crippen molar-refractivity contribution in [2.24, 2.45) is 0 Å². The van der Waals surface area contributed by atoms with E-state index in [0.29, 0.717) is 0 Å². The molecule has 3 nitrogen and oxygen atoms in total. The Labute approximate surface area is 121 Å². The molecule has 1 heterocycles. The van der Waals surface area contributed by atoms with Gasteiger partial charge in [0.25, 0.3) is 0 Å². The van der Waals surface area contributed by atoms with E-state index in [-0.39, 0.29) is 0 Å². The second-order valence-corrected chi connectivity index (χ2v) is 5.10. The van der Waals surface area contributed by atoms with Gasteiger partial charge in [-0.05, 0) is 37.1 Å². The van der Waals surface area contributed by atoms with E-state index in [4.69, 9.17) is 4.98 Å². The smallest absolute Gasteiger partial charge is 0.111 e. The van der Waals surface area contributed by atoms with E-state index in [0.717, 1.165) is 43.8 Å². The normalized spacial score (nSPS) is 11.1. The van der Waals surface area contributed by atoms with Gasteiger partial charge in [0, 0.05) is 19.5 Å². The molecular weight excluding hydrogens is 246 g/mol. The first kappa shape index (κ1) is 14.8. The highest BCUT2D eigenvalue weighted by Gasteiger charge is 2.09. The number of nitrogens with one attached hydrogen (secondary N) is 1. The Bertz CT molecular complexity index is 569. The monoisotopic (exact) mass is 271 g/mol. The van der Waals surface area contributed by atoms with Crippen LogP contribution in [0.15, 0.2) is 30.9 Å². The van der Waals surface area contributed by atoms with Gasteiger partial charge in [-0.1, -0.05) is 26.0 Å². The van der Waals surface area contributed by atoms with Crippen LogP contribution in [0.25, 0.3) is 11.0 Å². The van der Waals surface area contributed by atoms with Gasteiger partial charge >= 0.3 is 0 Å². The maximum Gasteiger partial charge on any atom is 0.111 e. The van der Waals surface area contributed by atoms with Crippen molar-refractivity contribution in [1.29, 1.82) is 0 Å². The van der Waals surface area contributed by atoms with E-state index in [1.807, 2.05) is 6.08 Å². The third kappa shape index (κ3) is 3.28. The van der Waals surface area contributed by atoms with Crippen molar-refractivity contribution in [2.45, 2.75) is 39.7 Å². The molecule has 0 bridgehead atoms. The zero-order valence-corrected chi connectivity index (χ0v) is 12.7. The zero-order chi connectivity index (χ0) is 14.4. The summed E-state index contributed by atoms with van der Waals surface area (Å²) < 4.78 is 2.27. The molecule has 2 rings (SSSR count). The number of allylic oxidation sites excluding steroid dienone is 1. The first-order chi connectivity index (χ1) is 9.80. The lowest BCUT2D eigenvalue weighted by Crippen LogP contribution is -2.19. The van der Waals surface area contributed by atoms with Gasteiger partial charge < -0.3 is 9.88 Å². The molecule has 0 fully saturated rings. The average molecular weight is 271 g/mol. The number of aryl methyl sites for hydroxylation is 1. The van der Waals surface area contributed by atoms with E-state index in [9.17, 15) is 0 Å². The number of hydrogen-bond donors (Lipinski definition) is 1. The molecule has 0 radical (unpaired) electrons. The summed E-state index contributed by atoms with van der Waals surface area (Å²) in [6, 6.07) is 6.59. The molecule has 0 saturated heterocycles. The van der Waals surface area contributed by atoms with Crippen LogP contribution in [0.4, 0.5) is 0 Å². The molecule has 0 saturated carbocycles. The highest BCUT2D eigenvalue weighted by atomic mass is 15.1. The van der Waals surface area contributed by atoms with Gasteiger partial charge in [-0.15, -0.1) is 6.58 Å². The number of hydrogen-bond acceptors (Lipinski definition) is 2. The number of aromatic nitrogens is 2. The summed E-state index contributed by atoms with van der Waals surface area (Å²) in [6.07, 6.45) is 5.13. The molecule has 2 aromatic rings. The Morgan fingerprint density at radius 1 is 1.30 bits per heavy atom. The Hall–Kier alpha value is -1.61. The van der Waals surface area contributed by atoms with Gasteiger partial charge in [-0.2, -0.15) is 0 Å². The van der Waals surface area contributed by atoms with Crippen LogP contribution in [0.5, 0.6) is 0 Å². The largest absolute Gasteiger partial charge is 0.324 e. The number of nitrogens with zero attached hydrogens (tertiary/aromatic N) is 2. The van der Waals surface area contributed by atoms with E-state index < -0.39 is 0 Å². The molecule has 0 aliphatic rings. The lowest BCUT2D eigenvalue weighted by atomic mass is 10.1. The van der Waals surface area contributed by atoms with Crippen molar-refractivity contribution in [1.82, 2.24) is 14.9 Å². The van der Waals surface area contributed by atoms with Crippen molar-refractivity contribution < 1.29 is 0 Å². The molecule has 0 amide bonds. The van der Waals surface area contributed by atoms with Gasteiger partial charge in [0.1, 0.15) is 5.82 Å². The standard InChI is InChI=1S/C17H25N3/c1-4-10-18-11-9-17-19-15-13-14(6-3)7-8-16(15)20(17)12-5-2/h5,7-8,13,18H,2,4,6,9-12H2,1,3H3. The quantitative estimate of drug-likeness (QED) is 0.589. The van der Waals surface area contributed by atoms with Crippen molar-refractivity contribution in [2.75, 3.05) is 13.1 Å². The second kappa shape index (κ2) is 7.25.